The van der Waals surface area contributed by atoms with Crippen molar-refractivity contribution in [2.75, 3.05) is 13.2 Å². The van der Waals surface area contributed by atoms with Crippen molar-refractivity contribution in [3.05, 3.63) is 42.5 Å². The van der Waals surface area contributed by atoms with Crippen LogP contribution < -0.4 is 15.8 Å². The predicted molar refractivity (Wildman–Crippen MR) is 82.0 cm³/mol. The Morgan fingerprint density at radius 3 is 2.45 bits per heavy atom. The van der Waals surface area contributed by atoms with Crippen LogP contribution in [0.15, 0.2) is 36.9 Å². The zero-order chi connectivity index (χ0) is 15.0. The molecule has 1 aromatic rings. The van der Waals surface area contributed by atoms with Crippen LogP contribution in [0.3, 0.4) is 0 Å². The van der Waals surface area contributed by atoms with Gasteiger partial charge in [-0.3, -0.25) is 4.79 Å². The van der Waals surface area contributed by atoms with Crippen molar-refractivity contribution < 1.29 is 9.53 Å². The van der Waals surface area contributed by atoms with Crippen molar-refractivity contribution in [1.29, 1.82) is 0 Å². The van der Waals surface area contributed by atoms with E-state index in [1.54, 1.807) is 30.3 Å². The molecule has 3 N–H and O–H groups in total. The summed E-state index contributed by atoms with van der Waals surface area (Å²) in [5, 5.41) is 2.88. The second kappa shape index (κ2) is 7.70. The smallest absolute Gasteiger partial charge is 0.251 e. The SMILES string of the molecule is C=CCOc1ccc(C(=O)NCC(N)(CC)CC)cc1. The molecule has 0 saturated carbocycles. The molecule has 0 aliphatic rings. The summed E-state index contributed by atoms with van der Waals surface area (Å²) in [4.78, 5) is 12.0. The molecule has 1 amide bonds. The first-order valence-electron chi connectivity index (χ1n) is 6.95. The minimum atomic E-state index is -0.331. The first-order chi connectivity index (χ1) is 9.54. The molecule has 20 heavy (non-hydrogen) atoms. The molecule has 110 valence electrons. The molecule has 0 bridgehead atoms. The van der Waals surface area contributed by atoms with Crippen LogP contribution in [0.1, 0.15) is 37.0 Å². The minimum absolute atomic E-state index is 0.114. The fourth-order valence-electron chi connectivity index (χ4n) is 1.72. The topological polar surface area (TPSA) is 64.3 Å². The van der Waals surface area contributed by atoms with Crippen LogP contribution in [0.2, 0.25) is 0 Å². The molecular formula is C16H24N2O2. The van der Waals surface area contributed by atoms with E-state index in [2.05, 4.69) is 11.9 Å². The fraction of sp³-hybridized carbons (Fsp3) is 0.438. The first-order valence-corrected chi connectivity index (χ1v) is 6.95. The number of nitrogens with two attached hydrogens (primary N) is 1. The van der Waals surface area contributed by atoms with E-state index in [1.165, 1.54) is 0 Å². The molecule has 0 unspecified atom stereocenters. The first kappa shape index (κ1) is 16.2. The average Bonchev–Trinajstić information content (AvgIpc) is 2.50. The van der Waals surface area contributed by atoms with Gasteiger partial charge in [0.1, 0.15) is 12.4 Å². The lowest BCUT2D eigenvalue weighted by atomic mass is 9.94. The highest BCUT2D eigenvalue weighted by atomic mass is 16.5. The van der Waals surface area contributed by atoms with Gasteiger partial charge in [-0.2, -0.15) is 0 Å². The van der Waals surface area contributed by atoms with E-state index >= 15 is 0 Å². The van der Waals surface area contributed by atoms with Gasteiger partial charge in [0.25, 0.3) is 5.91 Å². The van der Waals surface area contributed by atoms with E-state index in [9.17, 15) is 4.79 Å². The Bertz CT molecular complexity index is 436. The Morgan fingerprint density at radius 2 is 1.95 bits per heavy atom. The van der Waals surface area contributed by atoms with Crippen LogP contribution in [-0.4, -0.2) is 24.6 Å². The molecule has 0 fully saturated rings. The normalized spacial score (nSPS) is 10.9. The average molecular weight is 276 g/mol. The molecule has 1 aromatic carbocycles. The number of nitrogens with one attached hydrogen (secondary N) is 1. The minimum Gasteiger partial charge on any atom is -0.490 e. The highest BCUT2D eigenvalue weighted by Crippen LogP contribution is 2.13. The van der Waals surface area contributed by atoms with E-state index in [4.69, 9.17) is 10.5 Å². The molecule has 0 atom stereocenters. The monoisotopic (exact) mass is 276 g/mol. The molecule has 0 saturated heterocycles. The Labute approximate surface area is 121 Å². The summed E-state index contributed by atoms with van der Waals surface area (Å²) >= 11 is 0. The van der Waals surface area contributed by atoms with Gasteiger partial charge in [-0.15, -0.1) is 0 Å². The maximum absolute atomic E-state index is 12.0. The van der Waals surface area contributed by atoms with Crippen LogP contribution in [-0.2, 0) is 0 Å². The van der Waals surface area contributed by atoms with Crippen molar-refractivity contribution >= 4 is 5.91 Å². The third-order valence-corrected chi connectivity index (χ3v) is 3.49. The van der Waals surface area contributed by atoms with Crippen LogP contribution in [0, 0.1) is 0 Å². The summed E-state index contributed by atoms with van der Waals surface area (Å²) in [6.45, 7) is 8.57. The third-order valence-electron chi connectivity index (χ3n) is 3.49. The second-order valence-corrected chi connectivity index (χ2v) is 4.88. The Balaban J connectivity index is 2.57. The van der Waals surface area contributed by atoms with Crippen LogP contribution in [0.5, 0.6) is 5.75 Å². The highest BCUT2D eigenvalue weighted by Gasteiger charge is 2.21. The maximum Gasteiger partial charge on any atom is 0.251 e. The standard InChI is InChI=1S/C16H24N2O2/c1-4-11-20-14-9-7-13(8-10-14)15(19)18-12-16(17,5-2)6-3/h4,7-10H,1,5-6,11-12,17H2,2-3H3,(H,18,19). The maximum atomic E-state index is 12.0. The van der Waals surface area contributed by atoms with Crippen LogP contribution >= 0.6 is 0 Å². The molecule has 1 rings (SSSR count). The number of hydrogen-bond acceptors (Lipinski definition) is 3. The van der Waals surface area contributed by atoms with Gasteiger partial charge in [-0.05, 0) is 37.1 Å². The lowest BCUT2D eigenvalue weighted by Crippen LogP contribution is -2.49. The Morgan fingerprint density at radius 1 is 1.35 bits per heavy atom. The quantitative estimate of drug-likeness (QED) is 0.717. The third kappa shape index (κ3) is 4.70. The van der Waals surface area contributed by atoms with Crippen molar-refractivity contribution in [2.45, 2.75) is 32.2 Å². The number of carbonyl (C=O) groups excluding carboxylic acids is 1. The molecule has 0 aliphatic heterocycles. The molecule has 0 aromatic heterocycles. The van der Waals surface area contributed by atoms with Gasteiger partial charge in [0, 0.05) is 17.6 Å². The van der Waals surface area contributed by atoms with Crippen molar-refractivity contribution in [2.24, 2.45) is 5.73 Å². The summed E-state index contributed by atoms with van der Waals surface area (Å²) in [5.74, 6) is 0.605. The van der Waals surface area contributed by atoms with Gasteiger partial charge >= 0.3 is 0 Å². The van der Waals surface area contributed by atoms with Gasteiger partial charge in [0.05, 0.1) is 0 Å². The molecule has 0 aliphatic carbocycles. The summed E-state index contributed by atoms with van der Waals surface area (Å²) in [5.41, 5.74) is 6.43. The Kier molecular flexibility index (Phi) is 6.25. The van der Waals surface area contributed by atoms with Gasteiger partial charge < -0.3 is 15.8 Å². The van der Waals surface area contributed by atoms with Crippen molar-refractivity contribution in [3.8, 4) is 5.75 Å². The molecular weight excluding hydrogens is 252 g/mol. The van der Waals surface area contributed by atoms with E-state index in [0.29, 0.717) is 18.7 Å². The summed E-state index contributed by atoms with van der Waals surface area (Å²) < 4.78 is 5.37. The van der Waals surface area contributed by atoms with Gasteiger partial charge in [0.2, 0.25) is 0 Å². The number of amides is 1. The van der Waals surface area contributed by atoms with Gasteiger partial charge in [0.15, 0.2) is 0 Å². The number of hydrogen-bond donors (Lipinski definition) is 2. The number of carbonyl (C=O) groups is 1. The van der Waals surface area contributed by atoms with Crippen molar-refractivity contribution in [1.82, 2.24) is 5.32 Å². The van der Waals surface area contributed by atoms with Gasteiger partial charge in [-0.1, -0.05) is 26.5 Å². The summed E-state index contributed by atoms with van der Waals surface area (Å²) in [6.07, 6.45) is 3.34. The molecule has 4 heteroatoms. The zero-order valence-corrected chi connectivity index (χ0v) is 12.3. The summed E-state index contributed by atoms with van der Waals surface area (Å²) in [6, 6.07) is 7.02. The summed E-state index contributed by atoms with van der Waals surface area (Å²) in [7, 11) is 0. The van der Waals surface area contributed by atoms with E-state index in [0.717, 1.165) is 18.6 Å². The Hall–Kier alpha value is -1.81. The van der Waals surface area contributed by atoms with E-state index in [-0.39, 0.29) is 11.4 Å². The molecule has 0 radical (unpaired) electrons. The fourth-order valence-corrected chi connectivity index (χ4v) is 1.72. The molecule has 4 nitrogen and oxygen atoms in total. The number of ether oxygens (including phenoxy) is 1. The molecule has 0 spiro atoms. The second-order valence-electron chi connectivity index (χ2n) is 4.88. The highest BCUT2D eigenvalue weighted by molar-refractivity contribution is 5.94. The van der Waals surface area contributed by atoms with Gasteiger partial charge in [-0.25, -0.2) is 0 Å². The van der Waals surface area contributed by atoms with Crippen LogP contribution in [0.4, 0.5) is 0 Å². The number of rotatable bonds is 8. The number of benzene rings is 1. The predicted octanol–water partition coefficient (Wildman–Crippen LogP) is 2.50. The lowest BCUT2D eigenvalue weighted by Gasteiger charge is -2.26. The zero-order valence-electron chi connectivity index (χ0n) is 12.3. The van der Waals surface area contributed by atoms with Crippen LogP contribution in [0.25, 0.3) is 0 Å². The van der Waals surface area contributed by atoms with E-state index < -0.39 is 0 Å². The lowest BCUT2D eigenvalue weighted by molar-refractivity contribution is 0.0942. The van der Waals surface area contributed by atoms with Crippen molar-refractivity contribution in [3.63, 3.8) is 0 Å². The van der Waals surface area contributed by atoms with E-state index in [1.807, 2.05) is 13.8 Å². The molecule has 0 heterocycles. The largest absolute Gasteiger partial charge is 0.490 e.